The lowest BCUT2D eigenvalue weighted by Crippen LogP contribution is -2.49. The summed E-state index contributed by atoms with van der Waals surface area (Å²) in [4.78, 5) is 15.3. The summed E-state index contributed by atoms with van der Waals surface area (Å²) in [5, 5.41) is 11.7. The number of nitrogens with one attached hydrogen (secondary N) is 1. The SMILES string of the molecule is CN1CCOC(CN2CCCC(CNCC(=O)O)C2)C1. The van der Waals surface area contributed by atoms with E-state index in [0.717, 1.165) is 45.9 Å². The molecule has 2 N–H and O–H groups in total. The molecule has 116 valence electrons. The molecule has 0 aromatic rings. The molecule has 0 radical (unpaired) electrons. The van der Waals surface area contributed by atoms with E-state index in [4.69, 9.17) is 9.84 Å². The van der Waals surface area contributed by atoms with Gasteiger partial charge in [0.15, 0.2) is 0 Å². The van der Waals surface area contributed by atoms with E-state index in [1.165, 1.54) is 12.8 Å². The van der Waals surface area contributed by atoms with Crippen LogP contribution in [0.4, 0.5) is 0 Å². The summed E-state index contributed by atoms with van der Waals surface area (Å²) in [6.45, 7) is 6.92. The third kappa shape index (κ3) is 5.36. The number of carbonyl (C=O) groups is 1. The number of ether oxygens (including phenoxy) is 1. The van der Waals surface area contributed by atoms with Gasteiger partial charge in [0.1, 0.15) is 0 Å². The molecular weight excluding hydrogens is 258 g/mol. The molecule has 2 aliphatic rings. The first-order valence-corrected chi connectivity index (χ1v) is 7.58. The molecule has 0 aromatic heterocycles. The van der Waals surface area contributed by atoms with Crippen LogP contribution in [0.2, 0.25) is 0 Å². The molecule has 2 rings (SSSR count). The number of hydrogen-bond acceptors (Lipinski definition) is 5. The number of aliphatic carboxylic acids is 1. The minimum atomic E-state index is -0.781. The van der Waals surface area contributed by atoms with Gasteiger partial charge in [-0.15, -0.1) is 0 Å². The normalized spacial score (nSPS) is 29.4. The third-order valence-electron chi connectivity index (χ3n) is 4.12. The lowest BCUT2D eigenvalue weighted by atomic mass is 9.97. The van der Waals surface area contributed by atoms with Crippen molar-refractivity contribution in [1.29, 1.82) is 0 Å². The van der Waals surface area contributed by atoms with Gasteiger partial charge in [0, 0.05) is 26.2 Å². The van der Waals surface area contributed by atoms with Crippen molar-refractivity contribution in [3.8, 4) is 0 Å². The van der Waals surface area contributed by atoms with E-state index in [2.05, 4.69) is 22.2 Å². The number of likely N-dealkylation sites (N-methyl/N-ethyl adjacent to an activating group) is 1. The topological polar surface area (TPSA) is 65.0 Å². The van der Waals surface area contributed by atoms with Gasteiger partial charge < -0.3 is 25.0 Å². The summed E-state index contributed by atoms with van der Waals surface area (Å²) in [6.07, 6.45) is 2.70. The number of carboxylic acids is 1. The number of carboxylic acid groups (broad SMARTS) is 1. The Balaban J connectivity index is 1.68. The van der Waals surface area contributed by atoms with Crippen LogP contribution < -0.4 is 5.32 Å². The quantitative estimate of drug-likeness (QED) is 0.699. The fourth-order valence-electron chi connectivity index (χ4n) is 3.13. The standard InChI is InChI=1S/C14H27N3O3/c1-16-5-6-20-13(10-16)11-17-4-2-3-12(9-17)7-15-8-14(18)19/h12-13,15H,2-11H2,1H3,(H,18,19). The first-order valence-electron chi connectivity index (χ1n) is 7.58. The van der Waals surface area contributed by atoms with Gasteiger partial charge in [-0.1, -0.05) is 0 Å². The highest BCUT2D eigenvalue weighted by molar-refractivity contribution is 5.68. The van der Waals surface area contributed by atoms with Gasteiger partial charge in [-0.05, 0) is 38.9 Å². The van der Waals surface area contributed by atoms with Crippen molar-refractivity contribution in [2.45, 2.75) is 18.9 Å². The zero-order valence-corrected chi connectivity index (χ0v) is 12.4. The van der Waals surface area contributed by atoms with Gasteiger partial charge in [-0.25, -0.2) is 0 Å². The Bertz CT molecular complexity index is 314. The summed E-state index contributed by atoms with van der Waals surface area (Å²) in [6, 6.07) is 0. The highest BCUT2D eigenvalue weighted by Crippen LogP contribution is 2.17. The van der Waals surface area contributed by atoms with Crippen LogP contribution in [-0.2, 0) is 9.53 Å². The maximum absolute atomic E-state index is 10.5. The zero-order chi connectivity index (χ0) is 14.4. The van der Waals surface area contributed by atoms with Gasteiger partial charge >= 0.3 is 5.97 Å². The van der Waals surface area contributed by atoms with Crippen LogP contribution in [0.3, 0.4) is 0 Å². The predicted molar refractivity (Wildman–Crippen MR) is 76.9 cm³/mol. The number of nitrogens with zero attached hydrogens (tertiary/aromatic N) is 2. The predicted octanol–water partition coefficient (Wildman–Crippen LogP) is -0.297. The molecule has 2 unspecified atom stereocenters. The van der Waals surface area contributed by atoms with Crippen LogP contribution in [-0.4, -0.2) is 86.4 Å². The molecule has 0 saturated carbocycles. The van der Waals surface area contributed by atoms with Crippen molar-refractivity contribution in [3.63, 3.8) is 0 Å². The number of likely N-dealkylation sites (tertiary alicyclic amines) is 1. The van der Waals surface area contributed by atoms with E-state index in [-0.39, 0.29) is 6.54 Å². The average molecular weight is 285 g/mol. The van der Waals surface area contributed by atoms with E-state index in [9.17, 15) is 4.79 Å². The maximum atomic E-state index is 10.5. The van der Waals surface area contributed by atoms with Crippen LogP contribution in [0.15, 0.2) is 0 Å². The zero-order valence-electron chi connectivity index (χ0n) is 12.4. The van der Waals surface area contributed by atoms with Crippen molar-refractivity contribution in [2.24, 2.45) is 5.92 Å². The molecule has 2 atom stereocenters. The van der Waals surface area contributed by atoms with E-state index in [0.29, 0.717) is 12.0 Å². The van der Waals surface area contributed by atoms with Crippen LogP contribution in [0.25, 0.3) is 0 Å². The second kappa shape index (κ2) is 7.93. The maximum Gasteiger partial charge on any atom is 0.317 e. The van der Waals surface area contributed by atoms with Gasteiger partial charge in [0.05, 0.1) is 19.3 Å². The van der Waals surface area contributed by atoms with Crippen molar-refractivity contribution < 1.29 is 14.6 Å². The van der Waals surface area contributed by atoms with Crippen molar-refractivity contribution in [3.05, 3.63) is 0 Å². The van der Waals surface area contributed by atoms with Gasteiger partial charge in [-0.2, -0.15) is 0 Å². The lowest BCUT2D eigenvalue weighted by Gasteiger charge is -2.37. The molecule has 0 spiro atoms. The molecular formula is C14H27N3O3. The first kappa shape index (κ1) is 15.7. The molecule has 0 aliphatic carbocycles. The first-order chi connectivity index (χ1) is 9.63. The molecule has 0 amide bonds. The molecule has 6 nitrogen and oxygen atoms in total. The largest absolute Gasteiger partial charge is 0.480 e. The van der Waals surface area contributed by atoms with Gasteiger partial charge in [-0.3, -0.25) is 4.79 Å². The minimum absolute atomic E-state index is 0.0625. The molecule has 0 bridgehead atoms. The fourth-order valence-corrected chi connectivity index (χ4v) is 3.13. The average Bonchev–Trinajstić information content (AvgIpc) is 2.39. The molecule has 2 saturated heterocycles. The number of rotatable bonds is 6. The lowest BCUT2D eigenvalue weighted by molar-refractivity contribution is -0.136. The van der Waals surface area contributed by atoms with Crippen molar-refractivity contribution in [2.75, 3.05) is 59.5 Å². The Morgan fingerprint density at radius 3 is 3.00 bits per heavy atom. The monoisotopic (exact) mass is 285 g/mol. The van der Waals surface area contributed by atoms with E-state index in [1.807, 2.05) is 0 Å². The van der Waals surface area contributed by atoms with Crippen LogP contribution in [0.5, 0.6) is 0 Å². The minimum Gasteiger partial charge on any atom is -0.480 e. The Morgan fingerprint density at radius 2 is 2.25 bits per heavy atom. The second-order valence-electron chi connectivity index (χ2n) is 6.05. The van der Waals surface area contributed by atoms with E-state index >= 15 is 0 Å². The summed E-state index contributed by atoms with van der Waals surface area (Å²) < 4.78 is 5.82. The molecule has 2 heterocycles. The Labute approximate surface area is 121 Å². The summed E-state index contributed by atoms with van der Waals surface area (Å²) >= 11 is 0. The van der Waals surface area contributed by atoms with Crippen LogP contribution >= 0.6 is 0 Å². The highest BCUT2D eigenvalue weighted by atomic mass is 16.5. The summed E-state index contributed by atoms with van der Waals surface area (Å²) in [5.74, 6) is -0.222. The number of hydrogen-bond donors (Lipinski definition) is 2. The molecule has 2 fully saturated rings. The Hall–Kier alpha value is -0.690. The number of morpholine rings is 1. The van der Waals surface area contributed by atoms with Gasteiger partial charge in [0.2, 0.25) is 0 Å². The summed E-state index contributed by atoms with van der Waals surface area (Å²) in [7, 11) is 2.14. The number of piperidine rings is 1. The molecule has 6 heteroatoms. The Kier molecular flexibility index (Phi) is 6.22. The summed E-state index contributed by atoms with van der Waals surface area (Å²) in [5.41, 5.74) is 0. The van der Waals surface area contributed by atoms with Gasteiger partial charge in [0.25, 0.3) is 0 Å². The fraction of sp³-hybridized carbons (Fsp3) is 0.929. The molecule has 20 heavy (non-hydrogen) atoms. The van der Waals surface area contributed by atoms with E-state index < -0.39 is 5.97 Å². The Morgan fingerprint density at radius 1 is 1.40 bits per heavy atom. The molecule has 0 aromatic carbocycles. The third-order valence-corrected chi connectivity index (χ3v) is 4.12. The smallest absolute Gasteiger partial charge is 0.317 e. The van der Waals surface area contributed by atoms with Crippen LogP contribution in [0.1, 0.15) is 12.8 Å². The highest BCUT2D eigenvalue weighted by Gasteiger charge is 2.25. The van der Waals surface area contributed by atoms with E-state index in [1.54, 1.807) is 0 Å². The second-order valence-corrected chi connectivity index (χ2v) is 6.05. The van der Waals surface area contributed by atoms with Crippen molar-refractivity contribution in [1.82, 2.24) is 15.1 Å². The molecule has 2 aliphatic heterocycles. The van der Waals surface area contributed by atoms with Crippen LogP contribution in [0, 0.1) is 5.92 Å². The van der Waals surface area contributed by atoms with Crippen molar-refractivity contribution >= 4 is 5.97 Å².